The van der Waals surface area contributed by atoms with Gasteiger partial charge in [-0.25, -0.2) is 4.98 Å². The molecule has 1 amide bonds. The Morgan fingerprint density at radius 1 is 1.17 bits per heavy atom. The van der Waals surface area contributed by atoms with Crippen LogP contribution >= 0.6 is 11.8 Å². The second-order valence-corrected chi connectivity index (χ2v) is 9.00. The summed E-state index contributed by atoms with van der Waals surface area (Å²) in [6.07, 6.45) is 8.28. The van der Waals surface area contributed by atoms with E-state index < -0.39 is 0 Å². The Balaban J connectivity index is 1.46. The number of nitrogens with zero attached hydrogens (tertiary/aromatic N) is 2. The molecule has 0 radical (unpaired) electrons. The number of benzene rings is 1. The molecular weight excluding hydrogens is 386 g/mol. The SMILES string of the molecule is O=C(CSc1nc2ccccc2c(=O)n1C[C@@H]1CCCO1)NCC1CCCCC1. The normalized spacial score (nSPS) is 20.2. The molecule has 1 aliphatic carbocycles. The zero-order chi connectivity index (χ0) is 20.1. The lowest BCUT2D eigenvalue weighted by molar-refractivity contribution is -0.118. The summed E-state index contributed by atoms with van der Waals surface area (Å²) in [5.41, 5.74) is 0.613. The first-order chi connectivity index (χ1) is 14.2. The number of para-hydroxylation sites is 1. The Morgan fingerprint density at radius 2 is 2.00 bits per heavy atom. The van der Waals surface area contributed by atoms with Crippen molar-refractivity contribution in [2.45, 2.75) is 62.8 Å². The molecule has 2 aliphatic rings. The van der Waals surface area contributed by atoms with Crippen LogP contribution in [0.2, 0.25) is 0 Å². The molecule has 1 saturated carbocycles. The van der Waals surface area contributed by atoms with Gasteiger partial charge in [-0.15, -0.1) is 0 Å². The first-order valence-electron chi connectivity index (χ1n) is 10.7. The summed E-state index contributed by atoms with van der Waals surface area (Å²) < 4.78 is 7.43. The minimum absolute atomic E-state index is 0.00616. The molecule has 29 heavy (non-hydrogen) atoms. The Hall–Kier alpha value is -1.86. The maximum absolute atomic E-state index is 13.1. The lowest BCUT2D eigenvalue weighted by atomic mass is 9.89. The van der Waals surface area contributed by atoms with Crippen molar-refractivity contribution in [3.05, 3.63) is 34.6 Å². The zero-order valence-corrected chi connectivity index (χ0v) is 17.6. The minimum atomic E-state index is -0.0591. The van der Waals surface area contributed by atoms with E-state index in [9.17, 15) is 9.59 Å². The lowest BCUT2D eigenvalue weighted by Crippen LogP contribution is -2.32. The molecule has 2 fully saturated rings. The van der Waals surface area contributed by atoms with Crippen LogP contribution in [-0.2, 0) is 16.1 Å². The van der Waals surface area contributed by atoms with Gasteiger partial charge in [0.25, 0.3) is 5.56 Å². The molecule has 1 saturated heterocycles. The maximum atomic E-state index is 13.1. The van der Waals surface area contributed by atoms with Crippen LogP contribution in [0.3, 0.4) is 0 Å². The number of aromatic nitrogens is 2. The van der Waals surface area contributed by atoms with Gasteiger partial charge in [-0.1, -0.05) is 43.2 Å². The van der Waals surface area contributed by atoms with E-state index >= 15 is 0 Å². The number of nitrogens with one attached hydrogen (secondary N) is 1. The second kappa shape index (κ2) is 9.76. The van der Waals surface area contributed by atoms with Crippen molar-refractivity contribution >= 4 is 28.6 Å². The van der Waals surface area contributed by atoms with Gasteiger partial charge in [0.05, 0.1) is 29.3 Å². The number of carbonyl (C=O) groups excluding carboxylic acids is 1. The van der Waals surface area contributed by atoms with Gasteiger partial charge in [-0.05, 0) is 43.7 Å². The third-order valence-corrected chi connectivity index (χ3v) is 6.86. The number of hydrogen-bond acceptors (Lipinski definition) is 5. The molecule has 156 valence electrons. The standard InChI is InChI=1S/C22H29N3O3S/c26-20(23-13-16-7-2-1-3-8-16)15-29-22-24-19-11-5-4-10-18(19)21(27)25(22)14-17-9-6-12-28-17/h4-5,10-11,16-17H,1-3,6-9,12-15H2,(H,23,26)/t17-/m0/s1. The topological polar surface area (TPSA) is 73.2 Å². The van der Waals surface area contributed by atoms with Crippen LogP contribution in [0.1, 0.15) is 44.9 Å². The van der Waals surface area contributed by atoms with E-state index in [0.29, 0.717) is 28.5 Å². The van der Waals surface area contributed by atoms with E-state index in [1.807, 2.05) is 24.3 Å². The molecule has 4 rings (SSSR count). The summed E-state index contributed by atoms with van der Waals surface area (Å²) in [6.45, 7) is 1.99. The fourth-order valence-corrected chi connectivity index (χ4v) is 5.08. The molecule has 1 N–H and O–H groups in total. The van der Waals surface area contributed by atoms with Gasteiger partial charge in [0, 0.05) is 13.2 Å². The molecule has 6 nitrogen and oxygen atoms in total. The maximum Gasteiger partial charge on any atom is 0.262 e. The van der Waals surface area contributed by atoms with Crippen molar-refractivity contribution in [2.75, 3.05) is 18.9 Å². The van der Waals surface area contributed by atoms with Gasteiger partial charge in [0.15, 0.2) is 5.16 Å². The van der Waals surface area contributed by atoms with Gasteiger partial charge in [0.2, 0.25) is 5.91 Å². The molecule has 0 bridgehead atoms. The van der Waals surface area contributed by atoms with Gasteiger partial charge < -0.3 is 10.1 Å². The van der Waals surface area contributed by atoms with Crippen molar-refractivity contribution in [1.82, 2.24) is 14.9 Å². The predicted octanol–water partition coefficient (Wildman–Crippen LogP) is 3.36. The summed E-state index contributed by atoms with van der Waals surface area (Å²) in [7, 11) is 0. The Labute approximate surface area is 175 Å². The number of fused-ring (bicyclic) bond motifs is 1. The summed E-state index contributed by atoms with van der Waals surface area (Å²) in [6, 6.07) is 7.39. The van der Waals surface area contributed by atoms with Crippen LogP contribution in [0.5, 0.6) is 0 Å². The Bertz CT molecular complexity index is 902. The first kappa shape index (κ1) is 20.4. The van der Waals surface area contributed by atoms with E-state index in [-0.39, 0.29) is 23.3 Å². The predicted molar refractivity (Wildman–Crippen MR) is 115 cm³/mol. The zero-order valence-electron chi connectivity index (χ0n) is 16.8. The second-order valence-electron chi connectivity index (χ2n) is 8.06. The third-order valence-electron chi connectivity index (χ3n) is 5.88. The molecular formula is C22H29N3O3S. The van der Waals surface area contributed by atoms with Crippen LogP contribution < -0.4 is 10.9 Å². The largest absolute Gasteiger partial charge is 0.376 e. The number of carbonyl (C=O) groups is 1. The highest BCUT2D eigenvalue weighted by Crippen LogP contribution is 2.23. The smallest absolute Gasteiger partial charge is 0.262 e. The molecule has 1 atom stereocenters. The minimum Gasteiger partial charge on any atom is -0.376 e. The number of rotatable bonds is 7. The highest BCUT2D eigenvalue weighted by Gasteiger charge is 2.21. The van der Waals surface area contributed by atoms with Crippen molar-refractivity contribution in [2.24, 2.45) is 5.92 Å². The number of thioether (sulfide) groups is 1. The van der Waals surface area contributed by atoms with Crippen LogP contribution in [0.25, 0.3) is 10.9 Å². The van der Waals surface area contributed by atoms with Gasteiger partial charge in [-0.3, -0.25) is 14.2 Å². The monoisotopic (exact) mass is 415 g/mol. The number of hydrogen-bond donors (Lipinski definition) is 1. The molecule has 1 aromatic carbocycles. The average molecular weight is 416 g/mol. The van der Waals surface area contributed by atoms with E-state index in [1.165, 1.54) is 43.9 Å². The van der Waals surface area contributed by atoms with Crippen molar-refractivity contribution < 1.29 is 9.53 Å². The summed E-state index contributed by atoms with van der Waals surface area (Å²) in [5, 5.41) is 4.27. The van der Waals surface area contributed by atoms with Crippen LogP contribution in [0, 0.1) is 5.92 Å². The number of ether oxygens (including phenoxy) is 1. The highest BCUT2D eigenvalue weighted by atomic mass is 32.2. The van der Waals surface area contributed by atoms with E-state index in [2.05, 4.69) is 5.32 Å². The van der Waals surface area contributed by atoms with E-state index in [1.54, 1.807) is 4.57 Å². The third kappa shape index (κ3) is 5.20. The molecule has 0 unspecified atom stereocenters. The summed E-state index contributed by atoms with van der Waals surface area (Å²) >= 11 is 1.34. The van der Waals surface area contributed by atoms with Crippen LogP contribution in [-0.4, -0.2) is 40.5 Å². The fourth-order valence-electron chi connectivity index (χ4n) is 4.24. The van der Waals surface area contributed by atoms with E-state index in [4.69, 9.17) is 9.72 Å². The summed E-state index contributed by atoms with van der Waals surface area (Å²) in [5.74, 6) is 0.879. The van der Waals surface area contributed by atoms with Crippen molar-refractivity contribution in [3.8, 4) is 0 Å². The van der Waals surface area contributed by atoms with Crippen molar-refractivity contribution in [1.29, 1.82) is 0 Å². The van der Waals surface area contributed by atoms with Crippen molar-refractivity contribution in [3.63, 3.8) is 0 Å². The van der Waals surface area contributed by atoms with Gasteiger partial charge in [0.1, 0.15) is 0 Å². The van der Waals surface area contributed by atoms with Crippen LogP contribution in [0.15, 0.2) is 34.2 Å². The first-order valence-corrected chi connectivity index (χ1v) is 11.7. The Kier molecular flexibility index (Phi) is 6.87. The Morgan fingerprint density at radius 3 is 2.79 bits per heavy atom. The van der Waals surface area contributed by atoms with Gasteiger partial charge >= 0.3 is 0 Å². The number of amides is 1. The lowest BCUT2D eigenvalue weighted by Gasteiger charge is -2.21. The molecule has 0 spiro atoms. The molecule has 1 aromatic heterocycles. The molecule has 7 heteroatoms. The molecule has 2 aromatic rings. The van der Waals surface area contributed by atoms with Gasteiger partial charge in [-0.2, -0.15) is 0 Å². The molecule has 1 aliphatic heterocycles. The highest BCUT2D eigenvalue weighted by molar-refractivity contribution is 7.99. The van der Waals surface area contributed by atoms with Crippen LogP contribution in [0.4, 0.5) is 0 Å². The quantitative estimate of drug-likeness (QED) is 0.554. The fraction of sp³-hybridized carbons (Fsp3) is 0.591. The van der Waals surface area contributed by atoms with E-state index in [0.717, 1.165) is 26.0 Å². The summed E-state index contributed by atoms with van der Waals surface area (Å²) in [4.78, 5) is 30.1. The molecule has 2 heterocycles. The average Bonchev–Trinajstić information content (AvgIpc) is 3.27.